The predicted molar refractivity (Wildman–Crippen MR) is 136 cm³/mol. The van der Waals surface area contributed by atoms with Gasteiger partial charge in [-0.3, -0.25) is 14.5 Å². The second-order valence-corrected chi connectivity index (χ2v) is 10.2. The average Bonchev–Trinajstić information content (AvgIpc) is 3.51. The molecule has 0 aliphatic carbocycles. The Bertz CT molecular complexity index is 1590. The Morgan fingerprint density at radius 2 is 1.89 bits per heavy atom. The maximum Gasteiger partial charge on any atom is 0.301 e. The zero-order valence-electron chi connectivity index (χ0n) is 19.5. The lowest BCUT2D eigenvalue weighted by molar-refractivity contribution is -0.132. The van der Waals surface area contributed by atoms with Crippen molar-refractivity contribution in [2.45, 2.75) is 32.4 Å². The Labute approximate surface area is 210 Å². The van der Waals surface area contributed by atoms with Crippen LogP contribution in [0.15, 0.2) is 66.2 Å². The lowest BCUT2D eigenvalue weighted by Crippen LogP contribution is -2.29. The molecule has 1 aromatic heterocycles. The molecule has 0 unspecified atom stereocenters. The molecule has 2 aliphatic heterocycles. The SMILES string of the molecule is Cc1ccc2nc(N3C(=O)C(=O)/C(=C(/O)c4ccc5c(c4)C[C@H](C)O5)[C@@H]3c3ccc(F)cc3)sc2c1. The average molecular weight is 501 g/mol. The van der Waals surface area contributed by atoms with Gasteiger partial charge in [-0.15, -0.1) is 0 Å². The fraction of sp³-hybridized carbons (Fsp3) is 0.179. The number of anilines is 1. The number of hydrogen-bond donors (Lipinski definition) is 1. The van der Waals surface area contributed by atoms with Crippen LogP contribution in [0.25, 0.3) is 16.0 Å². The standard InChI is InChI=1S/C28H21FN2O4S/c1-14-3-9-20-22(11-14)36-28(30-20)31-24(16-4-7-19(29)8-5-16)23(26(33)27(31)34)25(32)17-6-10-21-18(13-17)12-15(2)35-21/h3-11,13,15,24,32H,12H2,1-2H3/b25-23+/t15-,24-/m0/s1. The van der Waals surface area contributed by atoms with Crippen molar-refractivity contribution >= 4 is 44.1 Å². The molecule has 0 saturated carbocycles. The van der Waals surface area contributed by atoms with Crippen LogP contribution in [-0.2, 0) is 16.0 Å². The molecule has 4 aromatic rings. The van der Waals surface area contributed by atoms with E-state index in [0.29, 0.717) is 28.2 Å². The topological polar surface area (TPSA) is 79.7 Å². The number of aliphatic hydroxyl groups excluding tert-OH is 1. The number of aliphatic hydroxyl groups is 1. The van der Waals surface area contributed by atoms with Crippen molar-refractivity contribution in [1.82, 2.24) is 4.98 Å². The molecule has 1 amide bonds. The fourth-order valence-electron chi connectivity index (χ4n) is 4.84. The van der Waals surface area contributed by atoms with Crippen molar-refractivity contribution < 1.29 is 23.8 Å². The number of rotatable bonds is 3. The van der Waals surface area contributed by atoms with Crippen LogP contribution in [0.4, 0.5) is 9.52 Å². The summed E-state index contributed by atoms with van der Waals surface area (Å²) in [6, 6.07) is 15.6. The molecular formula is C28H21FN2O4S. The van der Waals surface area contributed by atoms with E-state index in [2.05, 4.69) is 4.98 Å². The monoisotopic (exact) mass is 500 g/mol. The zero-order chi connectivity index (χ0) is 25.1. The molecule has 1 N–H and O–H groups in total. The molecule has 1 saturated heterocycles. The second-order valence-electron chi connectivity index (χ2n) is 9.14. The summed E-state index contributed by atoms with van der Waals surface area (Å²) in [5.74, 6) is -1.61. The second kappa shape index (κ2) is 8.27. The van der Waals surface area contributed by atoms with E-state index in [-0.39, 0.29) is 17.4 Å². The molecule has 2 aliphatic rings. The third-order valence-electron chi connectivity index (χ3n) is 6.54. The summed E-state index contributed by atoms with van der Waals surface area (Å²) in [4.78, 5) is 32.7. The molecule has 8 heteroatoms. The van der Waals surface area contributed by atoms with Crippen molar-refractivity contribution in [2.24, 2.45) is 0 Å². The van der Waals surface area contributed by atoms with Crippen LogP contribution < -0.4 is 9.64 Å². The Morgan fingerprint density at radius 1 is 1.11 bits per heavy atom. The van der Waals surface area contributed by atoms with Gasteiger partial charge in [0.05, 0.1) is 21.8 Å². The van der Waals surface area contributed by atoms with Gasteiger partial charge >= 0.3 is 5.91 Å². The van der Waals surface area contributed by atoms with E-state index < -0.39 is 23.5 Å². The summed E-state index contributed by atoms with van der Waals surface area (Å²) in [5.41, 5.74) is 3.51. The number of carbonyl (C=O) groups is 2. The van der Waals surface area contributed by atoms with Gasteiger partial charge in [-0.2, -0.15) is 0 Å². The van der Waals surface area contributed by atoms with E-state index in [9.17, 15) is 19.1 Å². The van der Waals surface area contributed by atoms with Crippen molar-refractivity contribution in [3.05, 3.63) is 94.3 Å². The lowest BCUT2D eigenvalue weighted by Gasteiger charge is -2.23. The minimum atomic E-state index is -0.962. The number of halogens is 1. The van der Waals surface area contributed by atoms with Crippen molar-refractivity contribution in [1.29, 1.82) is 0 Å². The number of amides is 1. The summed E-state index contributed by atoms with van der Waals surface area (Å²) in [7, 11) is 0. The number of ether oxygens (including phenoxy) is 1. The highest BCUT2D eigenvalue weighted by Crippen LogP contribution is 2.45. The first-order valence-corrected chi connectivity index (χ1v) is 12.4. The maximum absolute atomic E-state index is 13.8. The van der Waals surface area contributed by atoms with Crippen molar-refractivity contribution in [3.8, 4) is 5.75 Å². The predicted octanol–water partition coefficient (Wildman–Crippen LogP) is 5.69. The highest BCUT2D eigenvalue weighted by molar-refractivity contribution is 7.22. The number of hydrogen-bond acceptors (Lipinski definition) is 6. The number of aromatic nitrogens is 1. The van der Waals surface area contributed by atoms with Gasteiger partial charge in [-0.05, 0) is 73.0 Å². The molecule has 1 fully saturated rings. The van der Waals surface area contributed by atoms with Crippen LogP contribution in [0.3, 0.4) is 0 Å². The Hall–Kier alpha value is -4.04. The minimum absolute atomic E-state index is 0.0184. The van der Waals surface area contributed by atoms with E-state index in [1.54, 1.807) is 18.2 Å². The lowest BCUT2D eigenvalue weighted by atomic mass is 9.94. The van der Waals surface area contributed by atoms with Crippen LogP contribution >= 0.6 is 11.3 Å². The quantitative estimate of drug-likeness (QED) is 0.222. The first-order chi connectivity index (χ1) is 17.3. The van der Waals surface area contributed by atoms with Gasteiger partial charge in [-0.25, -0.2) is 9.37 Å². The van der Waals surface area contributed by atoms with Crippen LogP contribution in [0.1, 0.15) is 35.2 Å². The highest BCUT2D eigenvalue weighted by Gasteiger charge is 2.48. The van der Waals surface area contributed by atoms with E-state index >= 15 is 0 Å². The van der Waals surface area contributed by atoms with Gasteiger partial charge in [0.15, 0.2) is 5.13 Å². The maximum atomic E-state index is 13.8. The molecule has 6 rings (SSSR count). The normalized spacial score (nSPS) is 20.7. The van der Waals surface area contributed by atoms with E-state index in [4.69, 9.17) is 4.74 Å². The summed E-state index contributed by atoms with van der Waals surface area (Å²) in [6.07, 6.45) is 0.696. The number of benzene rings is 3. The molecule has 180 valence electrons. The molecule has 2 atom stereocenters. The number of carbonyl (C=O) groups excluding carboxylic acids is 2. The van der Waals surface area contributed by atoms with Gasteiger partial charge in [0, 0.05) is 12.0 Å². The molecule has 6 nitrogen and oxygen atoms in total. The van der Waals surface area contributed by atoms with Crippen LogP contribution in [0.2, 0.25) is 0 Å². The van der Waals surface area contributed by atoms with Crippen molar-refractivity contribution in [3.63, 3.8) is 0 Å². The smallest absolute Gasteiger partial charge is 0.301 e. The van der Waals surface area contributed by atoms with E-state index in [1.165, 1.54) is 40.5 Å². The largest absolute Gasteiger partial charge is 0.507 e. The van der Waals surface area contributed by atoms with E-state index in [1.807, 2.05) is 32.0 Å². The van der Waals surface area contributed by atoms with Crippen LogP contribution in [-0.4, -0.2) is 27.9 Å². The summed E-state index contributed by atoms with van der Waals surface area (Å²) in [5, 5.41) is 11.7. The molecule has 3 aromatic carbocycles. The van der Waals surface area contributed by atoms with Crippen LogP contribution in [0, 0.1) is 12.7 Å². The Balaban J connectivity index is 1.53. The summed E-state index contributed by atoms with van der Waals surface area (Å²) >= 11 is 1.29. The first-order valence-electron chi connectivity index (χ1n) is 11.5. The number of fused-ring (bicyclic) bond motifs is 2. The van der Waals surface area contributed by atoms with Crippen molar-refractivity contribution in [2.75, 3.05) is 4.90 Å². The fourth-order valence-corrected chi connectivity index (χ4v) is 5.93. The summed E-state index contributed by atoms with van der Waals surface area (Å²) < 4.78 is 20.4. The molecule has 0 radical (unpaired) electrons. The van der Waals surface area contributed by atoms with Gasteiger partial charge < -0.3 is 9.84 Å². The number of aryl methyl sites for hydroxylation is 1. The number of Topliss-reactive ketones (excluding diaryl/α,β-unsaturated/α-hetero) is 1. The number of thiazole rings is 1. The van der Waals surface area contributed by atoms with Gasteiger partial charge in [0.1, 0.15) is 23.4 Å². The molecule has 0 spiro atoms. The third-order valence-corrected chi connectivity index (χ3v) is 7.56. The van der Waals surface area contributed by atoms with Crippen LogP contribution in [0.5, 0.6) is 5.75 Å². The van der Waals surface area contributed by atoms with Gasteiger partial charge in [0.25, 0.3) is 5.78 Å². The molecule has 0 bridgehead atoms. The van der Waals surface area contributed by atoms with E-state index in [0.717, 1.165) is 21.6 Å². The molecule has 3 heterocycles. The minimum Gasteiger partial charge on any atom is -0.507 e. The third kappa shape index (κ3) is 3.56. The number of nitrogens with zero attached hydrogens (tertiary/aromatic N) is 2. The Kier molecular flexibility index (Phi) is 5.15. The van der Waals surface area contributed by atoms with Gasteiger partial charge in [0.2, 0.25) is 0 Å². The molecule has 36 heavy (non-hydrogen) atoms. The summed E-state index contributed by atoms with van der Waals surface area (Å²) in [6.45, 7) is 3.92. The Morgan fingerprint density at radius 3 is 2.67 bits per heavy atom. The number of ketones is 1. The highest BCUT2D eigenvalue weighted by atomic mass is 32.1. The zero-order valence-corrected chi connectivity index (χ0v) is 20.3. The van der Waals surface area contributed by atoms with Gasteiger partial charge in [-0.1, -0.05) is 29.5 Å². The first kappa shape index (κ1) is 22.4. The molecular weight excluding hydrogens is 479 g/mol.